The van der Waals surface area contributed by atoms with Gasteiger partial charge >= 0.3 is 0 Å². The topological polar surface area (TPSA) is 64.5 Å². The van der Waals surface area contributed by atoms with Crippen LogP contribution in [0.1, 0.15) is 32.1 Å². The van der Waals surface area contributed by atoms with Crippen LogP contribution in [0.3, 0.4) is 0 Å². The second-order valence-corrected chi connectivity index (χ2v) is 6.22. The van der Waals surface area contributed by atoms with Crippen molar-refractivity contribution in [2.75, 3.05) is 0 Å². The Balaban J connectivity index is 1.89. The highest BCUT2D eigenvalue weighted by atomic mass is 127. The molecule has 2 fully saturated rings. The van der Waals surface area contributed by atoms with Crippen molar-refractivity contribution < 1.29 is 10.2 Å². The third-order valence-electron chi connectivity index (χ3n) is 3.57. The molecule has 15 heavy (non-hydrogen) atoms. The average Bonchev–Trinajstić information content (AvgIpc) is 2.67. The highest BCUT2D eigenvalue weighted by Gasteiger charge is 2.36. The molecule has 88 valence electrons. The van der Waals surface area contributed by atoms with Gasteiger partial charge in [0.15, 0.2) is 6.29 Å². The Morgan fingerprint density at radius 3 is 2.47 bits per heavy atom. The number of hydrogen-bond acceptors (Lipinski definition) is 4. The molecule has 0 radical (unpaired) electrons. The SMILES string of the molecule is OC(O)C1CC(C2CCCCC2I)NN1. The van der Waals surface area contributed by atoms with Gasteiger partial charge in [0.05, 0.1) is 6.04 Å². The lowest BCUT2D eigenvalue weighted by Gasteiger charge is -2.31. The summed E-state index contributed by atoms with van der Waals surface area (Å²) in [6, 6.07) is 0.194. The normalized spacial score (nSPS) is 42.4. The zero-order chi connectivity index (χ0) is 10.8. The third kappa shape index (κ3) is 2.82. The molecule has 0 amide bonds. The maximum Gasteiger partial charge on any atom is 0.168 e. The highest BCUT2D eigenvalue weighted by Crippen LogP contribution is 2.34. The Hall–Kier alpha value is 0.570. The van der Waals surface area contributed by atoms with Crippen molar-refractivity contribution in [3.8, 4) is 0 Å². The molecule has 1 heterocycles. The summed E-state index contributed by atoms with van der Waals surface area (Å²) in [7, 11) is 0. The lowest BCUT2D eigenvalue weighted by atomic mass is 9.82. The summed E-state index contributed by atoms with van der Waals surface area (Å²) in [5.74, 6) is 0.676. The van der Waals surface area contributed by atoms with Gasteiger partial charge in [0.2, 0.25) is 0 Å². The Labute approximate surface area is 104 Å². The van der Waals surface area contributed by atoms with Crippen LogP contribution in [0.4, 0.5) is 0 Å². The van der Waals surface area contributed by atoms with Crippen molar-refractivity contribution in [3.63, 3.8) is 0 Å². The fraction of sp³-hybridized carbons (Fsp3) is 1.00. The fourth-order valence-electron chi connectivity index (χ4n) is 2.65. The van der Waals surface area contributed by atoms with Gasteiger partial charge in [-0.15, -0.1) is 0 Å². The number of aliphatic hydroxyl groups is 2. The van der Waals surface area contributed by atoms with E-state index in [9.17, 15) is 0 Å². The molecular formula is C10H19IN2O2. The molecule has 0 bridgehead atoms. The van der Waals surface area contributed by atoms with Crippen LogP contribution in [0.25, 0.3) is 0 Å². The maximum atomic E-state index is 9.09. The van der Waals surface area contributed by atoms with Crippen LogP contribution >= 0.6 is 22.6 Å². The molecular weight excluding hydrogens is 307 g/mol. The molecule has 1 saturated heterocycles. The molecule has 1 saturated carbocycles. The number of hydrazine groups is 1. The van der Waals surface area contributed by atoms with Crippen molar-refractivity contribution in [2.24, 2.45) is 5.92 Å². The second-order valence-electron chi connectivity index (χ2n) is 4.62. The van der Waals surface area contributed by atoms with Crippen LogP contribution in [0.5, 0.6) is 0 Å². The lowest BCUT2D eigenvalue weighted by Crippen LogP contribution is -2.42. The average molecular weight is 326 g/mol. The first-order chi connectivity index (χ1) is 7.18. The first kappa shape index (κ1) is 12.0. The number of nitrogens with one attached hydrogen (secondary N) is 2. The summed E-state index contributed by atoms with van der Waals surface area (Å²) in [4.78, 5) is 0. The minimum Gasteiger partial charge on any atom is -0.367 e. The summed E-state index contributed by atoms with van der Waals surface area (Å²) >= 11 is 2.54. The van der Waals surface area contributed by atoms with Crippen molar-refractivity contribution in [1.29, 1.82) is 0 Å². The molecule has 4 unspecified atom stereocenters. The molecule has 0 spiro atoms. The Kier molecular flexibility index (Phi) is 4.23. The molecule has 4 N–H and O–H groups in total. The van der Waals surface area contributed by atoms with E-state index in [0.29, 0.717) is 12.0 Å². The number of hydrogen-bond donors (Lipinski definition) is 4. The van der Waals surface area contributed by atoms with E-state index in [-0.39, 0.29) is 6.04 Å². The molecule has 0 aromatic heterocycles. The van der Waals surface area contributed by atoms with Gasteiger partial charge < -0.3 is 10.2 Å². The van der Waals surface area contributed by atoms with Crippen LogP contribution in [-0.4, -0.2) is 32.5 Å². The van der Waals surface area contributed by atoms with Crippen molar-refractivity contribution in [3.05, 3.63) is 0 Å². The molecule has 0 aromatic rings. The van der Waals surface area contributed by atoms with E-state index in [4.69, 9.17) is 10.2 Å². The minimum absolute atomic E-state index is 0.208. The van der Waals surface area contributed by atoms with E-state index in [1.807, 2.05) is 0 Å². The molecule has 2 aliphatic rings. The highest BCUT2D eigenvalue weighted by molar-refractivity contribution is 14.1. The molecule has 2 rings (SSSR count). The molecule has 5 heteroatoms. The largest absolute Gasteiger partial charge is 0.367 e. The summed E-state index contributed by atoms with van der Waals surface area (Å²) < 4.78 is 0.727. The van der Waals surface area contributed by atoms with Gasteiger partial charge in [0.25, 0.3) is 0 Å². The van der Waals surface area contributed by atoms with E-state index in [1.165, 1.54) is 25.7 Å². The van der Waals surface area contributed by atoms with Crippen LogP contribution in [0.15, 0.2) is 0 Å². The van der Waals surface area contributed by atoms with Gasteiger partial charge in [-0.25, -0.2) is 5.43 Å². The Morgan fingerprint density at radius 2 is 1.87 bits per heavy atom. The predicted octanol–water partition coefficient (Wildman–Crippen LogP) is 0.526. The van der Waals surface area contributed by atoms with Gasteiger partial charge in [-0.1, -0.05) is 35.4 Å². The second kappa shape index (κ2) is 5.27. The number of halogens is 1. The first-order valence-corrected chi connectivity index (χ1v) is 6.94. The van der Waals surface area contributed by atoms with Gasteiger partial charge in [0.1, 0.15) is 0 Å². The molecule has 0 aromatic carbocycles. The summed E-state index contributed by atoms with van der Waals surface area (Å²) in [5.41, 5.74) is 6.18. The molecule has 1 aliphatic carbocycles. The van der Waals surface area contributed by atoms with E-state index in [1.54, 1.807) is 0 Å². The van der Waals surface area contributed by atoms with Gasteiger partial charge in [-0.2, -0.15) is 0 Å². The zero-order valence-electron chi connectivity index (χ0n) is 8.69. The fourth-order valence-corrected chi connectivity index (χ4v) is 3.95. The molecule has 4 nitrogen and oxygen atoms in total. The predicted molar refractivity (Wildman–Crippen MR) is 66.5 cm³/mol. The lowest BCUT2D eigenvalue weighted by molar-refractivity contribution is -0.0640. The van der Waals surface area contributed by atoms with E-state index in [0.717, 1.165) is 10.3 Å². The van der Waals surface area contributed by atoms with Crippen molar-refractivity contribution in [2.45, 2.75) is 54.4 Å². The van der Waals surface area contributed by atoms with Crippen LogP contribution in [0, 0.1) is 5.92 Å². The summed E-state index contributed by atoms with van der Waals surface area (Å²) in [6.45, 7) is 0. The van der Waals surface area contributed by atoms with Gasteiger partial charge in [0, 0.05) is 9.97 Å². The maximum absolute atomic E-state index is 9.09. The number of alkyl halides is 1. The van der Waals surface area contributed by atoms with E-state index >= 15 is 0 Å². The van der Waals surface area contributed by atoms with Crippen LogP contribution in [0.2, 0.25) is 0 Å². The first-order valence-electron chi connectivity index (χ1n) is 5.69. The number of rotatable bonds is 2. The van der Waals surface area contributed by atoms with E-state index < -0.39 is 6.29 Å². The standard InChI is InChI=1S/C10H19IN2O2/c11-7-4-2-1-3-6(7)8-5-9(10(14)15)13-12-8/h6-10,12-15H,1-5H2. The quantitative estimate of drug-likeness (QED) is 0.340. The smallest absolute Gasteiger partial charge is 0.168 e. The third-order valence-corrected chi connectivity index (χ3v) is 5.12. The van der Waals surface area contributed by atoms with Crippen molar-refractivity contribution in [1.82, 2.24) is 10.9 Å². The Morgan fingerprint density at radius 1 is 1.13 bits per heavy atom. The van der Waals surface area contributed by atoms with Gasteiger partial charge in [-0.05, 0) is 25.2 Å². The summed E-state index contributed by atoms with van der Waals surface area (Å²) in [5, 5.41) is 18.2. The van der Waals surface area contributed by atoms with Crippen LogP contribution in [-0.2, 0) is 0 Å². The number of aliphatic hydroxyl groups excluding tert-OH is 1. The monoisotopic (exact) mass is 326 g/mol. The van der Waals surface area contributed by atoms with Crippen molar-refractivity contribution >= 4 is 22.6 Å². The molecule has 1 aliphatic heterocycles. The zero-order valence-corrected chi connectivity index (χ0v) is 10.9. The summed E-state index contributed by atoms with van der Waals surface area (Å²) in [6.07, 6.45) is 4.79. The Bertz CT molecular complexity index is 216. The molecule has 4 atom stereocenters. The van der Waals surface area contributed by atoms with E-state index in [2.05, 4.69) is 33.4 Å². The van der Waals surface area contributed by atoms with Crippen LogP contribution < -0.4 is 10.9 Å². The van der Waals surface area contributed by atoms with Gasteiger partial charge in [-0.3, -0.25) is 5.43 Å². The minimum atomic E-state index is -1.25.